The van der Waals surface area contributed by atoms with Crippen molar-refractivity contribution in [3.8, 4) is 0 Å². The van der Waals surface area contributed by atoms with Crippen LogP contribution in [0, 0.1) is 5.82 Å². The fourth-order valence-electron chi connectivity index (χ4n) is 2.42. The van der Waals surface area contributed by atoms with Crippen LogP contribution in [0.3, 0.4) is 0 Å². The van der Waals surface area contributed by atoms with Crippen LogP contribution in [0.1, 0.15) is 20.7 Å². The number of ether oxygens (including phenoxy) is 1. The van der Waals surface area contributed by atoms with E-state index in [-0.39, 0.29) is 22.0 Å². The summed E-state index contributed by atoms with van der Waals surface area (Å²) in [4.78, 5) is 38.9. The van der Waals surface area contributed by atoms with Crippen molar-refractivity contribution in [2.24, 2.45) is 0 Å². The number of para-hydroxylation sites is 1. The third-order valence-corrected chi connectivity index (χ3v) is 3.65. The van der Waals surface area contributed by atoms with Crippen molar-refractivity contribution in [3.05, 3.63) is 75.8 Å². The normalized spacial score (nSPS) is 10.5. The number of hydrogen-bond acceptors (Lipinski definition) is 4. The van der Waals surface area contributed by atoms with Gasteiger partial charge in [-0.15, -0.1) is 0 Å². The van der Waals surface area contributed by atoms with Gasteiger partial charge in [-0.2, -0.15) is 0 Å². The number of rotatable bonds is 3. The van der Waals surface area contributed by atoms with E-state index < -0.39 is 23.1 Å². The first kappa shape index (κ1) is 16.4. The lowest BCUT2D eigenvalue weighted by Gasteiger charge is -2.07. The molecule has 25 heavy (non-hydrogen) atoms. The smallest absolute Gasteiger partial charge is 0.337 e. The van der Waals surface area contributed by atoms with Gasteiger partial charge in [0.2, 0.25) is 5.43 Å². The number of carbonyl (C=O) groups is 2. The molecular formula is C18H13FN2O4. The minimum atomic E-state index is -0.672. The Morgan fingerprint density at radius 2 is 1.92 bits per heavy atom. The molecule has 0 saturated carbocycles. The first-order valence-corrected chi connectivity index (χ1v) is 7.31. The molecule has 0 aliphatic rings. The standard InChI is InChI=1S/C18H13FN2O4/c1-25-18(24)10-4-2-5-11(8-10)21-17(23)13-9-20-15-12(16(13)22)6-3-7-14(15)19/h2-9H,1H3,(H,20,22)(H,21,23). The van der Waals surface area contributed by atoms with Crippen molar-refractivity contribution in [2.75, 3.05) is 12.4 Å². The van der Waals surface area contributed by atoms with Crippen LogP contribution in [0.5, 0.6) is 0 Å². The highest BCUT2D eigenvalue weighted by molar-refractivity contribution is 6.06. The number of benzene rings is 2. The second-order valence-electron chi connectivity index (χ2n) is 5.22. The molecular weight excluding hydrogens is 327 g/mol. The second-order valence-corrected chi connectivity index (χ2v) is 5.22. The number of nitrogens with one attached hydrogen (secondary N) is 2. The van der Waals surface area contributed by atoms with Gasteiger partial charge in [0, 0.05) is 17.3 Å². The number of esters is 1. The van der Waals surface area contributed by atoms with Gasteiger partial charge in [0.25, 0.3) is 5.91 Å². The van der Waals surface area contributed by atoms with Crippen LogP contribution in [-0.2, 0) is 4.74 Å². The maximum absolute atomic E-state index is 13.7. The zero-order valence-electron chi connectivity index (χ0n) is 13.1. The van der Waals surface area contributed by atoms with E-state index in [1.807, 2.05) is 0 Å². The van der Waals surface area contributed by atoms with Gasteiger partial charge in [0.1, 0.15) is 11.4 Å². The Morgan fingerprint density at radius 3 is 2.68 bits per heavy atom. The molecule has 0 fully saturated rings. The first-order valence-electron chi connectivity index (χ1n) is 7.31. The molecule has 1 amide bonds. The number of aromatic nitrogens is 1. The van der Waals surface area contributed by atoms with Crippen LogP contribution >= 0.6 is 0 Å². The van der Waals surface area contributed by atoms with Crippen molar-refractivity contribution in [1.82, 2.24) is 4.98 Å². The SMILES string of the molecule is COC(=O)c1cccc(NC(=O)c2c[nH]c3c(F)cccc3c2=O)c1. The average molecular weight is 340 g/mol. The number of fused-ring (bicyclic) bond motifs is 1. The first-order chi connectivity index (χ1) is 12.0. The Hall–Kier alpha value is -3.48. The van der Waals surface area contributed by atoms with Crippen LogP contribution in [0.2, 0.25) is 0 Å². The Balaban J connectivity index is 1.95. The lowest BCUT2D eigenvalue weighted by Crippen LogP contribution is -2.22. The summed E-state index contributed by atoms with van der Waals surface area (Å²) >= 11 is 0. The van der Waals surface area contributed by atoms with E-state index in [2.05, 4.69) is 15.0 Å². The van der Waals surface area contributed by atoms with E-state index in [1.165, 1.54) is 37.4 Å². The fraction of sp³-hybridized carbons (Fsp3) is 0.0556. The summed E-state index contributed by atoms with van der Waals surface area (Å²) in [5.41, 5.74) is -0.130. The summed E-state index contributed by atoms with van der Waals surface area (Å²) in [5, 5.41) is 2.62. The summed E-state index contributed by atoms with van der Waals surface area (Å²) in [6.07, 6.45) is 1.16. The molecule has 3 rings (SSSR count). The van der Waals surface area contributed by atoms with Crippen molar-refractivity contribution in [1.29, 1.82) is 0 Å². The van der Waals surface area contributed by atoms with Gasteiger partial charge in [-0.05, 0) is 30.3 Å². The molecule has 0 spiro atoms. The van der Waals surface area contributed by atoms with E-state index in [0.29, 0.717) is 5.69 Å². The molecule has 0 saturated heterocycles. The Morgan fingerprint density at radius 1 is 1.16 bits per heavy atom. The summed E-state index contributed by atoms with van der Waals surface area (Å²) in [6.45, 7) is 0. The van der Waals surface area contributed by atoms with Crippen molar-refractivity contribution < 1.29 is 18.7 Å². The molecule has 0 bridgehead atoms. The molecule has 7 heteroatoms. The third-order valence-electron chi connectivity index (χ3n) is 3.65. The molecule has 3 aromatic rings. The van der Waals surface area contributed by atoms with Crippen LogP contribution in [0.4, 0.5) is 10.1 Å². The minimum Gasteiger partial charge on any atom is -0.465 e. The molecule has 126 valence electrons. The number of amides is 1. The molecule has 2 aromatic carbocycles. The van der Waals surface area contributed by atoms with Gasteiger partial charge in [-0.25, -0.2) is 9.18 Å². The number of hydrogen-bond donors (Lipinski definition) is 2. The summed E-state index contributed by atoms with van der Waals surface area (Å²) < 4.78 is 18.3. The maximum Gasteiger partial charge on any atom is 0.337 e. The maximum atomic E-state index is 13.7. The number of pyridine rings is 1. The highest BCUT2D eigenvalue weighted by Crippen LogP contribution is 2.15. The monoisotopic (exact) mass is 340 g/mol. The van der Waals surface area contributed by atoms with E-state index in [4.69, 9.17) is 0 Å². The topological polar surface area (TPSA) is 88.3 Å². The van der Waals surface area contributed by atoms with Gasteiger partial charge in [-0.3, -0.25) is 9.59 Å². The average Bonchev–Trinajstić information content (AvgIpc) is 2.62. The molecule has 1 heterocycles. The molecule has 0 unspecified atom stereocenters. The number of carbonyl (C=O) groups excluding carboxylic acids is 2. The van der Waals surface area contributed by atoms with Gasteiger partial charge in [0.15, 0.2) is 0 Å². The lowest BCUT2D eigenvalue weighted by atomic mass is 10.1. The zero-order valence-corrected chi connectivity index (χ0v) is 13.1. The van der Waals surface area contributed by atoms with Crippen LogP contribution in [-0.4, -0.2) is 24.0 Å². The third kappa shape index (κ3) is 3.12. The number of aromatic amines is 1. The molecule has 6 nitrogen and oxygen atoms in total. The minimum absolute atomic E-state index is 0.0386. The molecule has 1 aromatic heterocycles. The molecule has 0 atom stereocenters. The Kier molecular flexibility index (Phi) is 4.30. The Labute approximate surface area is 141 Å². The van der Waals surface area contributed by atoms with E-state index in [9.17, 15) is 18.8 Å². The molecule has 0 aliphatic carbocycles. The number of anilines is 1. The lowest BCUT2D eigenvalue weighted by molar-refractivity contribution is 0.0600. The highest BCUT2D eigenvalue weighted by Gasteiger charge is 2.15. The second kappa shape index (κ2) is 6.56. The quantitative estimate of drug-likeness (QED) is 0.718. The molecule has 0 aliphatic heterocycles. The summed E-state index contributed by atoms with van der Waals surface area (Å²) in [5.74, 6) is -1.79. The zero-order chi connectivity index (χ0) is 18.0. The van der Waals surface area contributed by atoms with Gasteiger partial charge < -0.3 is 15.0 Å². The fourth-order valence-corrected chi connectivity index (χ4v) is 2.42. The predicted molar refractivity (Wildman–Crippen MR) is 90.3 cm³/mol. The van der Waals surface area contributed by atoms with Crippen molar-refractivity contribution in [2.45, 2.75) is 0 Å². The largest absolute Gasteiger partial charge is 0.465 e. The number of halogens is 1. The van der Waals surface area contributed by atoms with Gasteiger partial charge in [0.05, 0.1) is 18.2 Å². The van der Waals surface area contributed by atoms with E-state index in [0.717, 1.165) is 6.20 Å². The van der Waals surface area contributed by atoms with Gasteiger partial charge in [-0.1, -0.05) is 12.1 Å². The van der Waals surface area contributed by atoms with Crippen LogP contribution < -0.4 is 10.7 Å². The summed E-state index contributed by atoms with van der Waals surface area (Å²) in [6, 6.07) is 10.2. The Bertz CT molecular complexity index is 1040. The van der Waals surface area contributed by atoms with Crippen LogP contribution in [0.25, 0.3) is 10.9 Å². The number of methoxy groups -OCH3 is 1. The van der Waals surface area contributed by atoms with Crippen LogP contribution in [0.15, 0.2) is 53.5 Å². The highest BCUT2D eigenvalue weighted by atomic mass is 19.1. The van der Waals surface area contributed by atoms with E-state index in [1.54, 1.807) is 12.1 Å². The number of H-pyrrole nitrogens is 1. The predicted octanol–water partition coefficient (Wildman–Crippen LogP) is 2.71. The molecule has 0 radical (unpaired) electrons. The van der Waals surface area contributed by atoms with Crippen molar-refractivity contribution in [3.63, 3.8) is 0 Å². The summed E-state index contributed by atoms with van der Waals surface area (Å²) in [7, 11) is 1.25. The van der Waals surface area contributed by atoms with Gasteiger partial charge >= 0.3 is 5.97 Å². The molecule has 2 N–H and O–H groups in total. The van der Waals surface area contributed by atoms with Crippen molar-refractivity contribution >= 4 is 28.5 Å². The van der Waals surface area contributed by atoms with E-state index >= 15 is 0 Å².